The minimum absolute atomic E-state index is 0.249. The molecule has 1 atom stereocenters. The van der Waals surface area contributed by atoms with E-state index in [1.165, 1.54) is 28.4 Å². The number of rotatable bonds is 10. The summed E-state index contributed by atoms with van der Waals surface area (Å²) < 4.78 is 26.6. The van der Waals surface area contributed by atoms with E-state index in [1.807, 2.05) is 19.9 Å². The molecule has 0 aliphatic rings. The van der Waals surface area contributed by atoms with E-state index in [4.69, 9.17) is 23.7 Å². The van der Waals surface area contributed by atoms with Gasteiger partial charge in [0.15, 0.2) is 5.78 Å². The predicted molar refractivity (Wildman–Crippen MR) is 121 cm³/mol. The highest BCUT2D eigenvalue weighted by molar-refractivity contribution is 6.14. The number of hydrogen-bond donors (Lipinski definition) is 0. The second kappa shape index (κ2) is 11.2. The number of esters is 1. The Labute approximate surface area is 188 Å². The number of carbonyl (C=O) groups excluding carboxylic acids is 2. The Morgan fingerprint density at radius 2 is 1.50 bits per heavy atom. The third-order valence-corrected chi connectivity index (χ3v) is 5.05. The topological polar surface area (TPSA) is 80.3 Å². The van der Waals surface area contributed by atoms with E-state index >= 15 is 0 Å². The number of carbonyl (C=O) groups is 2. The zero-order valence-electron chi connectivity index (χ0n) is 19.6. The van der Waals surface area contributed by atoms with Gasteiger partial charge in [-0.1, -0.05) is 17.7 Å². The van der Waals surface area contributed by atoms with Gasteiger partial charge in [0.05, 0.1) is 41.1 Å². The smallest absolute Gasteiger partial charge is 0.321 e. The van der Waals surface area contributed by atoms with Crippen LogP contribution in [0.15, 0.2) is 42.0 Å². The van der Waals surface area contributed by atoms with E-state index in [0.29, 0.717) is 35.0 Å². The van der Waals surface area contributed by atoms with Gasteiger partial charge in [-0.05, 0) is 38.0 Å². The molecule has 0 fully saturated rings. The van der Waals surface area contributed by atoms with Gasteiger partial charge in [-0.3, -0.25) is 9.59 Å². The first-order valence-corrected chi connectivity index (χ1v) is 10.0. The summed E-state index contributed by atoms with van der Waals surface area (Å²) in [5, 5.41) is 0. The summed E-state index contributed by atoms with van der Waals surface area (Å²) in [5.41, 5.74) is 2.54. The van der Waals surface area contributed by atoms with Crippen LogP contribution in [0, 0.1) is 0 Å². The van der Waals surface area contributed by atoms with Crippen LogP contribution in [0.2, 0.25) is 0 Å². The fourth-order valence-corrected chi connectivity index (χ4v) is 3.34. The van der Waals surface area contributed by atoms with Crippen molar-refractivity contribution in [2.24, 2.45) is 0 Å². The van der Waals surface area contributed by atoms with Crippen molar-refractivity contribution < 1.29 is 33.3 Å². The van der Waals surface area contributed by atoms with Gasteiger partial charge in [-0.25, -0.2) is 0 Å². The van der Waals surface area contributed by atoms with Crippen molar-refractivity contribution in [1.29, 1.82) is 0 Å². The molecule has 2 aromatic rings. The molecule has 0 aromatic heterocycles. The standard InChI is InChI=1S/C25H30O7/c1-15(2)8-9-16-12-19(22(31-6)14-20(16)29-4)24(26)23(25(27)32-7)18-11-10-17(28-3)13-21(18)30-5/h8,10-14,23H,9H2,1-7H3. The summed E-state index contributed by atoms with van der Waals surface area (Å²) in [7, 11) is 7.24. The summed E-state index contributed by atoms with van der Waals surface area (Å²) in [4.78, 5) is 26.5. The maximum Gasteiger partial charge on any atom is 0.321 e. The summed E-state index contributed by atoms with van der Waals surface area (Å²) in [6, 6.07) is 8.25. The maximum absolute atomic E-state index is 13.7. The molecule has 0 saturated heterocycles. The van der Waals surface area contributed by atoms with Crippen molar-refractivity contribution in [3.8, 4) is 23.0 Å². The summed E-state index contributed by atoms with van der Waals surface area (Å²) >= 11 is 0. The highest BCUT2D eigenvalue weighted by atomic mass is 16.5. The maximum atomic E-state index is 13.7. The number of ketones is 1. The van der Waals surface area contributed by atoms with Gasteiger partial charge in [0, 0.05) is 17.7 Å². The molecular weight excluding hydrogens is 412 g/mol. The summed E-state index contributed by atoms with van der Waals surface area (Å²) in [6.45, 7) is 3.98. The molecule has 0 saturated carbocycles. The fraction of sp³-hybridized carbons (Fsp3) is 0.360. The van der Waals surface area contributed by atoms with E-state index in [1.54, 1.807) is 37.4 Å². The molecule has 172 valence electrons. The first kappa shape index (κ1) is 24.8. The highest BCUT2D eigenvalue weighted by Gasteiger charge is 2.35. The highest BCUT2D eigenvalue weighted by Crippen LogP contribution is 2.37. The van der Waals surface area contributed by atoms with E-state index in [0.717, 1.165) is 11.1 Å². The van der Waals surface area contributed by atoms with Gasteiger partial charge in [0.2, 0.25) is 0 Å². The molecule has 2 rings (SSSR count). The summed E-state index contributed by atoms with van der Waals surface area (Å²) in [6.07, 6.45) is 2.59. The summed E-state index contributed by atoms with van der Waals surface area (Å²) in [5.74, 6) is -0.667. The molecule has 0 spiro atoms. The number of hydrogen-bond acceptors (Lipinski definition) is 7. The number of allylic oxidation sites excluding steroid dienone is 2. The molecule has 0 bridgehead atoms. The Bertz CT molecular complexity index is 1000. The van der Waals surface area contributed by atoms with Crippen molar-refractivity contribution >= 4 is 11.8 Å². The number of ether oxygens (including phenoxy) is 5. The van der Waals surface area contributed by atoms with Gasteiger partial charge in [0.25, 0.3) is 0 Å². The van der Waals surface area contributed by atoms with Crippen LogP contribution in [-0.4, -0.2) is 47.3 Å². The van der Waals surface area contributed by atoms with Crippen LogP contribution < -0.4 is 18.9 Å². The predicted octanol–water partition coefficient (Wildman–Crippen LogP) is 4.37. The minimum Gasteiger partial charge on any atom is -0.497 e. The van der Waals surface area contributed by atoms with Crippen molar-refractivity contribution in [2.45, 2.75) is 26.2 Å². The number of benzene rings is 2. The average molecular weight is 443 g/mol. The average Bonchev–Trinajstić information content (AvgIpc) is 2.81. The van der Waals surface area contributed by atoms with Crippen LogP contribution in [0.25, 0.3) is 0 Å². The molecule has 0 aliphatic heterocycles. The zero-order chi connectivity index (χ0) is 23.8. The number of methoxy groups -OCH3 is 5. The third-order valence-electron chi connectivity index (χ3n) is 5.05. The van der Waals surface area contributed by atoms with Crippen molar-refractivity contribution in [2.75, 3.05) is 35.5 Å². The van der Waals surface area contributed by atoms with Crippen molar-refractivity contribution in [3.63, 3.8) is 0 Å². The molecule has 2 aromatic carbocycles. The van der Waals surface area contributed by atoms with Gasteiger partial charge in [-0.15, -0.1) is 0 Å². The molecule has 7 nitrogen and oxygen atoms in total. The molecule has 32 heavy (non-hydrogen) atoms. The second-order valence-electron chi connectivity index (χ2n) is 7.28. The Morgan fingerprint density at radius 1 is 0.844 bits per heavy atom. The first-order valence-electron chi connectivity index (χ1n) is 10.0. The first-order chi connectivity index (χ1) is 15.3. The Morgan fingerprint density at radius 3 is 2.03 bits per heavy atom. The van der Waals surface area contributed by atoms with Crippen LogP contribution in [-0.2, 0) is 16.0 Å². The Kier molecular flexibility index (Phi) is 8.70. The lowest BCUT2D eigenvalue weighted by atomic mass is 9.88. The van der Waals surface area contributed by atoms with Gasteiger partial charge >= 0.3 is 5.97 Å². The van der Waals surface area contributed by atoms with Crippen molar-refractivity contribution in [1.82, 2.24) is 0 Å². The SMILES string of the molecule is COC(=O)C(C(=O)c1cc(CC=C(C)C)c(OC)cc1OC)c1ccc(OC)cc1OC. The van der Waals surface area contributed by atoms with Gasteiger partial charge in [0.1, 0.15) is 28.9 Å². The second-order valence-corrected chi connectivity index (χ2v) is 7.28. The van der Waals surface area contributed by atoms with E-state index in [9.17, 15) is 9.59 Å². The normalized spacial score (nSPS) is 11.2. The molecule has 7 heteroatoms. The molecule has 0 aliphatic carbocycles. The van der Waals surface area contributed by atoms with Crippen molar-refractivity contribution in [3.05, 3.63) is 58.7 Å². The van der Waals surface area contributed by atoms with Gasteiger partial charge < -0.3 is 23.7 Å². The molecule has 0 radical (unpaired) electrons. The van der Waals surface area contributed by atoms with Crippen LogP contribution in [0.4, 0.5) is 0 Å². The fourth-order valence-electron chi connectivity index (χ4n) is 3.34. The zero-order valence-corrected chi connectivity index (χ0v) is 19.6. The largest absolute Gasteiger partial charge is 0.497 e. The Hall–Kier alpha value is -3.48. The lowest BCUT2D eigenvalue weighted by Gasteiger charge is -2.20. The van der Waals surface area contributed by atoms with Crippen LogP contribution in [0.1, 0.15) is 41.3 Å². The number of Topliss-reactive ketones (excluding diaryl/α,β-unsaturated/α-hetero) is 1. The molecular formula is C25H30O7. The monoisotopic (exact) mass is 442 g/mol. The van der Waals surface area contributed by atoms with Crippen LogP contribution in [0.5, 0.6) is 23.0 Å². The minimum atomic E-state index is -1.25. The Balaban J connectivity index is 2.67. The third kappa shape index (κ3) is 5.41. The quantitative estimate of drug-likeness (QED) is 0.234. The van der Waals surface area contributed by atoms with Gasteiger partial charge in [-0.2, -0.15) is 0 Å². The van der Waals surface area contributed by atoms with E-state index in [2.05, 4.69) is 0 Å². The molecule has 1 unspecified atom stereocenters. The van der Waals surface area contributed by atoms with E-state index in [-0.39, 0.29) is 5.56 Å². The molecule has 0 N–H and O–H groups in total. The molecule has 0 heterocycles. The van der Waals surface area contributed by atoms with Crippen LogP contribution >= 0.6 is 0 Å². The van der Waals surface area contributed by atoms with E-state index < -0.39 is 17.7 Å². The lowest BCUT2D eigenvalue weighted by molar-refractivity contribution is -0.141. The molecule has 0 amide bonds. The lowest BCUT2D eigenvalue weighted by Crippen LogP contribution is -2.24. The van der Waals surface area contributed by atoms with Crippen LogP contribution in [0.3, 0.4) is 0 Å².